The van der Waals surface area contributed by atoms with Gasteiger partial charge in [0.25, 0.3) is 0 Å². The molecule has 12 nitrogen and oxygen atoms in total. The third-order valence-electron chi connectivity index (χ3n) is 5.15. The minimum absolute atomic E-state index is 0.0738. The first-order valence-corrected chi connectivity index (χ1v) is 14.8. The summed E-state index contributed by atoms with van der Waals surface area (Å²) in [6.07, 6.45) is 3.34. The molecule has 2 aromatic carbocycles. The summed E-state index contributed by atoms with van der Waals surface area (Å²) in [6.45, 7) is 7.02. The van der Waals surface area contributed by atoms with Gasteiger partial charge in [0.2, 0.25) is 20.0 Å². The molecule has 0 aliphatic heterocycles. The molecule has 0 unspecified atom stereocenters. The normalized spacial score (nSPS) is 11.5. The van der Waals surface area contributed by atoms with Crippen LogP contribution in [0.1, 0.15) is 11.1 Å². The SMILES string of the molecule is C=CCOCCS(=O)(=O)N(C(N)=O)c1ccc(Cc2ccc(N(C(N)=O)S(=O)(=O)CCOCC=C)cc2)cc1. The lowest BCUT2D eigenvalue weighted by Crippen LogP contribution is -2.42. The summed E-state index contributed by atoms with van der Waals surface area (Å²) < 4.78 is 61.8. The van der Waals surface area contributed by atoms with Crippen molar-refractivity contribution in [1.29, 1.82) is 0 Å². The smallest absolute Gasteiger partial charge is 0.333 e. The average Bonchev–Trinajstić information content (AvgIpc) is 2.86. The molecule has 0 spiro atoms. The van der Waals surface area contributed by atoms with Crippen LogP contribution < -0.4 is 20.1 Å². The number of carbonyl (C=O) groups is 2. The number of amides is 4. The number of primary amides is 2. The Labute approximate surface area is 228 Å². The summed E-state index contributed by atoms with van der Waals surface area (Å²) in [5, 5.41) is 0. The van der Waals surface area contributed by atoms with Gasteiger partial charge in [-0.1, -0.05) is 36.4 Å². The van der Waals surface area contributed by atoms with Crippen molar-refractivity contribution in [3.05, 3.63) is 85.0 Å². The average molecular weight is 581 g/mol. The summed E-state index contributed by atoms with van der Waals surface area (Å²) in [6, 6.07) is 10.0. The van der Waals surface area contributed by atoms with Crippen LogP contribution in [-0.4, -0.2) is 66.8 Å². The van der Waals surface area contributed by atoms with Crippen LogP contribution in [0.4, 0.5) is 21.0 Å². The molecule has 0 saturated carbocycles. The van der Waals surface area contributed by atoms with Crippen LogP contribution in [-0.2, 0) is 35.9 Å². The second-order valence-corrected chi connectivity index (χ2v) is 11.9. The van der Waals surface area contributed by atoms with Gasteiger partial charge in [0.1, 0.15) is 0 Å². The summed E-state index contributed by atoms with van der Waals surface area (Å²) >= 11 is 0. The van der Waals surface area contributed by atoms with E-state index in [1.54, 1.807) is 24.3 Å². The van der Waals surface area contributed by atoms with Crippen molar-refractivity contribution in [3.8, 4) is 0 Å². The first-order valence-electron chi connectivity index (χ1n) is 11.6. The minimum atomic E-state index is -4.07. The van der Waals surface area contributed by atoms with E-state index in [4.69, 9.17) is 20.9 Å². The Hall–Kier alpha value is -3.72. The molecule has 0 heterocycles. The Balaban J connectivity index is 2.15. The van der Waals surface area contributed by atoms with Gasteiger partial charge in [0.15, 0.2) is 0 Å². The molecule has 4 amide bonds. The first kappa shape index (κ1) is 31.5. The maximum absolute atomic E-state index is 12.6. The highest BCUT2D eigenvalue weighted by atomic mass is 32.2. The molecule has 212 valence electrons. The number of nitrogens with zero attached hydrogens (tertiary/aromatic N) is 2. The number of rotatable bonds is 16. The minimum Gasteiger partial charge on any atom is -0.376 e. The monoisotopic (exact) mass is 580 g/mol. The number of urea groups is 2. The number of hydrogen-bond acceptors (Lipinski definition) is 8. The van der Waals surface area contributed by atoms with Crippen molar-refractivity contribution < 1.29 is 35.9 Å². The Kier molecular flexibility index (Phi) is 11.7. The van der Waals surface area contributed by atoms with Crippen molar-refractivity contribution in [2.24, 2.45) is 11.5 Å². The summed E-state index contributed by atoms with van der Waals surface area (Å²) in [4.78, 5) is 23.9. The van der Waals surface area contributed by atoms with Gasteiger partial charge in [0.05, 0.1) is 49.3 Å². The van der Waals surface area contributed by atoms with E-state index < -0.39 is 43.6 Å². The molecule has 39 heavy (non-hydrogen) atoms. The van der Waals surface area contributed by atoms with E-state index >= 15 is 0 Å². The van der Waals surface area contributed by atoms with Crippen molar-refractivity contribution >= 4 is 43.5 Å². The van der Waals surface area contributed by atoms with Gasteiger partial charge in [-0.05, 0) is 41.8 Å². The van der Waals surface area contributed by atoms with E-state index in [0.29, 0.717) is 15.0 Å². The highest BCUT2D eigenvalue weighted by molar-refractivity contribution is 7.93. The predicted octanol–water partition coefficient (Wildman–Crippen LogP) is 2.11. The summed E-state index contributed by atoms with van der Waals surface area (Å²) in [7, 11) is -8.14. The standard InChI is InChI=1S/C25H32N4O8S2/c1-3-13-36-15-17-38(32,33)28(24(26)30)22-9-5-20(6-10-22)19-21-7-11-23(12-8-21)29(25(27)31)39(34,35)18-16-37-14-4-2/h3-12H,1-2,13-19H2,(H2,26,30)(H2,27,31). The van der Waals surface area contributed by atoms with Gasteiger partial charge in [0, 0.05) is 0 Å². The number of sulfonamides is 2. The number of ether oxygens (including phenoxy) is 2. The molecule has 2 aromatic rings. The molecular weight excluding hydrogens is 548 g/mol. The highest BCUT2D eigenvalue weighted by Crippen LogP contribution is 2.23. The van der Waals surface area contributed by atoms with Gasteiger partial charge in [-0.25, -0.2) is 26.4 Å². The zero-order valence-electron chi connectivity index (χ0n) is 21.3. The Bertz CT molecular complexity index is 1250. The number of anilines is 2. The van der Waals surface area contributed by atoms with Gasteiger partial charge in [-0.2, -0.15) is 8.61 Å². The maximum atomic E-state index is 12.6. The van der Waals surface area contributed by atoms with E-state index in [1.807, 2.05) is 0 Å². The summed E-state index contributed by atoms with van der Waals surface area (Å²) in [5.74, 6) is -0.893. The molecule has 0 aliphatic rings. The van der Waals surface area contributed by atoms with Crippen LogP contribution >= 0.6 is 0 Å². The molecular formula is C25H32N4O8S2. The van der Waals surface area contributed by atoms with Gasteiger partial charge in [-0.3, -0.25) is 0 Å². The third kappa shape index (κ3) is 9.21. The van der Waals surface area contributed by atoms with Crippen LogP contribution in [0.3, 0.4) is 0 Å². The van der Waals surface area contributed by atoms with Crippen LogP contribution in [0.5, 0.6) is 0 Å². The molecule has 0 aromatic heterocycles. The Morgan fingerprint density at radius 1 is 0.692 bits per heavy atom. The van der Waals surface area contributed by atoms with Crippen LogP contribution in [0, 0.1) is 0 Å². The molecule has 0 saturated heterocycles. The van der Waals surface area contributed by atoms with Crippen molar-refractivity contribution in [1.82, 2.24) is 0 Å². The number of carbonyl (C=O) groups excluding carboxylic acids is 2. The molecule has 2 rings (SSSR count). The zero-order valence-corrected chi connectivity index (χ0v) is 22.9. The van der Waals surface area contributed by atoms with E-state index in [1.165, 1.54) is 36.4 Å². The lowest BCUT2D eigenvalue weighted by Gasteiger charge is -2.21. The quantitative estimate of drug-likeness (QED) is 0.224. The predicted molar refractivity (Wildman–Crippen MR) is 149 cm³/mol. The van der Waals surface area contributed by atoms with E-state index in [0.717, 1.165) is 11.1 Å². The highest BCUT2D eigenvalue weighted by Gasteiger charge is 2.28. The fourth-order valence-corrected chi connectivity index (χ4v) is 5.88. The third-order valence-corrected chi connectivity index (χ3v) is 8.41. The fraction of sp³-hybridized carbons (Fsp3) is 0.280. The molecule has 0 aliphatic carbocycles. The van der Waals surface area contributed by atoms with Crippen molar-refractivity contribution in [2.45, 2.75) is 6.42 Å². The molecule has 14 heteroatoms. The fourth-order valence-electron chi connectivity index (χ4n) is 3.43. The molecule has 0 radical (unpaired) electrons. The van der Waals surface area contributed by atoms with Gasteiger partial charge < -0.3 is 20.9 Å². The molecule has 0 atom stereocenters. The van der Waals surface area contributed by atoms with E-state index in [9.17, 15) is 26.4 Å². The number of hydrogen-bond donors (Lipinski definition) is 2. The zero-order chi connectivity index (χ0) is 29.1. The van der Waals surface area contributed by atoms with Gasteiger partial charge in [-0.15, -0.1) is 13.2 Å². The number of benzene rings is 2. The second-order valence-electron chi connectivity index (χ2n) is 8.07. The topological polar surface area (TPSA) is 179 Å². The van der Waals surface area contributed by atoms with Crippen LogP contribution in [0.25, 0.3) is 0 Å². The lowest BCUT2D eigenvalue weighted by molar-refractivity contribution is 0.179. The summed E-state index contributed by atoms with van der Waals surface area (Å²) in [5.41, 5.74) is 12.4. The largest absolute Gasteiger partial charge is 0.376 e. The Morgan fingerprint density at radius 2 is 1.03 bits per heavy atom. The Morgan fingerprint density at radius 3 is 1.31 bits per heavy atom. The van der Waals surface area contributed by atoms with Crippen LogP contribution in [0.15, 0.2) is 73.8 Å². The van der Waals surface area contributed by atoms with Gasteiger partial charge >= 0.3 is 12.1 Å². The second kappa shape index (κ2) is 14.4. The first-order chi connectivity index (χ1) is 18.4. The van der Waals surface area contributed by atoms with Crippen molar-refractivity contribution in [2.75, 3.05) is 46.5 Å². The van der Waals surface area contributed by atoms with E-state index in [2.05, 4.69) is 13.2 Å². The molecule has 0 bridgehead atoms. The van der Waals surface area contributed by atoms with E-state index in [-0.39, 0.29) is 37.8 Å². The van der Waals surface area contributed by atoms with Crippen LogP contribution in [0.2, 0.25) is 0 Å². The number of nitrogens with two attached hydrogens (primary N) is 2. The maximum Gasteiger partial charge on any atom is 0.333 e. The molecule has 0 fully saturated rings. The lowest BCUT2D eigenvalue weighted by atomic mass is 10.0. The van der Waals surface area contributed by atoms with Crippen molar-refractivity contribution in [3.63, 3.8) is 0 Å². The molecule has 4 N–H and O–H groups in total.